The molecule has 1 amide bonds. The fourth-order valence-electron chi connectivity index (χ4n) is 2.75. The molecule has 19 heavy (non-hydrogen) atoms. The molecule has 1 aromatic heterocycles. The third-order valence-electron chi connectivity index (χ3n) is 3.97. The van der Waals surface area contributed by atoms with Gasteiger partial charge in [0, 0.05) is 18.1 Å². The second-order valence-electron chi connectivity index (χ2n) is 5.54. The topological polar surface area (TPSA) is 66.1 Å². The number of H-pyrrole nitrogens is 1. The Morgan fingerprint density at radius 2 is 1.89 bits per heavy atom. The van der Waals surface area contributed by atoms with E-state index in [1.165, 1.54) is 0 Å². The van der Waals surface area contributed by atoms with Crippen molar-refractivity contribution in [3.63, 3.8) is 0 Å². The minimum atomic E-state index is -0.595. The van der Waals surface area contributed by atoms with Crippen LogP contribution in [0.5, 0.6) is 0 Å². The van der Waals surface area contributed by atoms with Gasteiger partial charge in [-0.2, -0.15) is 5.10 Å². The van der Waals surface area contributed by atoms with Crippen molar-refractivity contribution in [2.24, 2.45) is 0 Å². The lowest BCUT2D eigenvalue weighted by atomic mass is 9.85. The van der Waals surface area contributed by atoms with Gasteiger partial charge in [-0.25, -0.2) is 5.10 Å². The molecular weight excluding hydrogens is 242 g/mol. The van der Waals surface area contributed by atoms with Crippen LogP contribution in [0, 0.1) is 6.92 Å². The van der Waals surface area contributed by atoms with E-state index in [9.17, 15) is 9.59 Å². The molecule has 5 heteroatoms. The van der Waals surface area contributed by atoms with Crippen LogP contribution in [0.25, 0.3) is 10.8 Å². The number of hydrogen-bond donors (Lipinski definition) is 1. The quantitative estimate of drug-likeness (QED) is 0.777. The Hall–Kier alpha value is -2.17. The molecule has 0 radical (unpaired) electrons. The van der Waals surface area contributed by atoms with Crippen LogP contribution >= 0.6 is 0 Å². The van der Waals surface area contributed by atoms with Gasteiger partial charge in [0.2, 0.25) is 5.91 Å². The highest BCUT2D eigenvalue weighted by Gasteiger charge is 2.42. The van der Waals surface area contributed by atoms with Crippen LogP contribution in [0.1, 0.15) is 25.1 Å². The van der Waals surface area contributed by atoms with Crippen molar-refractivity contribution in [3.05, 3.63) is 33.7 Å². The Balaban J connectivity index is 2.47. The lowest BCUT2D eigenvalue weighted by molar-refractivity contribution is -0.121. The molecule has 0 atom stereocenters. The molecule has 0 aliphatic carbocycles. The molecule has 1 N–H and O–H groups in total. The predicted octanol–water partition coefficient (Wildman–Crippen LogP) is 1.49. The molecule has 5 nitrogen and oxygen atoms in total. The zero-order chi connectivity index (χ0) is 13.9. The van der Waals surface area contributed by atoms with Crippen LogP contribution in [0.3, 0.4) is 0 Å². The second kappa shape index (κ2) is 3.44. The summed E-state index contributed by atoms with van der Waals surface area (Å²) in [6, 6.07) is 3.70. The number of aryl methyl sites for hydroxylation is 1. The minimum Gasteiger partial charge on any atom is -0.314 e. The van der Waals surface area contributed by atoms with E-state index in [1.54, 1.807) is 11.9 Å². The first kappa shape index (κ1) is 11.9. The molecule has 1 aliphatic rings. The first-order valence-corrected chi connectivity index (χ1v) is 6.15. The Kier molecular flexibility index (Phi) is 2.15. The highest BCUT2D eigenvalue weighted by molar-refractivity contribution is 6.09. The smallest absolute Gasteiger partial charge is 0.272 e. The summed E-state index contributed by atoms with van der Waals surface area (Å²) >= 11 is 0. The minimum absolute atomic E-state index is 0.0415. The monoisotopic (exact) mass is 257 g/mol. The highest BCUT2D eigenvalue weighted by Crippen LogP contribution is 2.42. The van der Waals surface area contributed by atoms with Crippen molar-refractivity contribution in [1.82, 2.24) is 10.2 Å². The van der Waals surface area contributed by atoms with Crippen molar-refractivity contribution < 1.29 is 4.79 Å². The van der Waals surface area contributed by atoms with E-state index in [4.69, 9.17) is 0 Å². The first-order valence-electron chi connectivity index (χ1n) is 6.15. The summed E-state index contributed by atoms with van der Waals surface area (Å²) in [7, 11) is 1.76. The van der Waals surface area contributed by atoms with E-state index in [2.05, 4.69) is 10.2 Å². The lowest BCUT2D eigenvalue weighted by Crippen LogP contribution is -2.33. The molecule has 0 saturated heterocycles. The number of nitrogens with zero attached hydrogens (tertiary/aromatic N) is 2. The van der Waals surface area contributed by atoms with E-state index < -0.39 is 5.41 Å². The van der Waals surface area contributed by atoms with E-state index in [1.807, 2.05) is 32.9 Å². The van der Waals surface area contributed by atoms with E-state index in [0.29, 0.717) is 5.39 Å². The number of carbonyl (C=O) groups is 1. The van der Waals surface area contributed by atoms with Gasteiger partial charge in [0.15, 0.2) is 0 Å². The van der Waals surface area contributed by atoms with Crippen molar-refractivity contribution in [2.75, 3.05) is 11.9 Å². The standard InChI is InChI=1S/C14H15N3O2/c1-7-8-6-11-10(5-9(8)12(18)16-15-7)14(2,3)13(19)17(11)4/h5-6H,1-4H3,(H,16,18). The van der Waals surface area contributed by atoms with E-state index >= 15 is 0 Å². The average Bonchev–Trinajstić information content (AvgIpc) is 2.55. The van der Waals surface area contributed by atoms with Crippen LogP contribution in [0.15, 0.2) is 16.9 Å². The van der Waals surface area contributed by atoms with Crippen LogP contribution in [-0.2, 0) is 10.2 Å². The zero-order valence-corrected chi connectivity index (χ0v) is 11.4. The Labute approximate surface area is 110 Å². The van der Waals surface area contributed by atoms with Crippen molar-refractivity contribution in [2.45, 2.75) is 26.2 Å². The third kappa shape index (κ3) is 1.38. The van der Waals surface area contributed by atoms with Gasteiger partial charge in [-0.3, -0.25) is 9.59 Å². The van der Waals surface area contributed by atoms with Gasteiger partial charge in [-0.1, -0.05) is 0 Å². The third-order valence-corrected chi connectivity index (χ3v) is 3.97. The maximum absolute atomic E-state index is 12.3. The number of carbonyl (C=O) groups excluding carboxylic acids is 1. The normalized spacial score (nSPS) is 17.1. The average molecular weight is 257 g/mol. The van der Waals surface area contributed by atoms with Crippen molar-refractivity contribution >= 4 is 22.4 Å². The molecular formula is C14H15N3O2. The van der Waals surface area contributed by atoms with Gasteiger partial charge in [0.1, 0.15) is 0 Å². The maximum atomic E-state index is 12.3. The van der Waals surface area contributed by atoms with Crippen molar-refractivity contribution in [1.29, 1.82) is 0 Å². The fraction of sp³-hybridized carbons (Fsp3) is 0.357. The summed E-state index contributed by atoms with van der Waals surface area (Å²) in [5, 5.41) is 7.83. The molecule has 1 aliphatic heterocycles. The van der Waals surface area contributed by atoms with E-state index in [0.717, 1.165) is 22.3 Å². The summed E-state index contributed by atoms with van der Waals surface area (Å²) in [5.41, 5.74) is 1.69. The number of fused-ring (bicyclic) bond motifs is 2. The second-order valence-corrected chi connectivity index (χ2v) is 5.54. The van der Waals surface area contributed by atoms with Gasteiger partial charge in [-0.15, -0.1) is 0 Å². The largest absolute Gasteiger partial charge is 0.314 e. The van der Waals surface area contributed by atoms with Gasteiger partial charge in [0.05, 0.1) is 16.5 Å². The number of anilines is 1. The number of hydrogen-bond acceptors (Lipinski definition) is 3. The Morgan fingerprint density at radius 3 is 2.58 bits per heavy atom. The molecule has 2 aromatic rings. The van der Waals surface area contributed by atoms with E-state index in [-0.39, 0.29) is 11.5 Å². The number of aromatic nitrogens is 2. The van der Waals surface area contributed by atoms with Gasteiger partial charge >= 0.3 is 0 Å². The van der Waals surface area contributed by atoms with Crippen molar-refractivity contribution in [3.8, 4) is 0 Å². The number of amides is 1. The van der Waals surface area contributed by atoms with Crippen LogP contribution in [-0.4, -0.2) is 23.2 Å². The summed E-state index contributed by atoms with van der Waals surface area (Å²) in [4.78, 5) is 25.8. The molecule has 2 heterocycles. The van der Waals surface area contributed by atoms with Gasteiger partial charge in [-0.05, 0) is 38.5 Å². The SMILES string of the molecule is Cc1n[nH]c(=O)c2cc3c(cc12)N(C)C(=O)C3(C)C. The number of rotatable bonds is 0. The molecule has 0 unspecified atom stereocenters. The number of likely N-dealkylation sites (N-methyl/N-ethyl adjacent to an activating group) is 1. The molecule has 0 spiro atoms. The first-order chi connectivity index (χ1) is 8.84. The molecule has 0 fully saturated rings. The van der Waals surface area contributed by atoms with Gasteiger partial charge in [0.25, 0.3) is 5.56 Å². The number of nitrogens with one attached hydrogen (secondary N) is 1. The summed E-state index contributed by atoms with van der Waals surface area (Å²) in [6.45, 7) is 5.60. The lowest BCUT2D eigenvalue weighted by Gasteiger charge is -2.16. The summed E-state index contributed by atoms with van der Waals surface area (Å²) < 4.78 is 0. The Morgan fingerprint density at radius 1 is 1.21 bits per heavy atom. The highest BCUT2D eigenvalue weighted by atomic mass is 16.2. The maximum Gasteiger partial charge on any atom is 0.272 e. The number of aromatic amines is 1. The number of benzene rings is 1. The summed E-state index contributed by atoms with van der Waals surface area (Å²) in [5.74, 6) is 0.0415. The predicted molar refractivity (Wildman–Crippen MR) is 73.5 cm³/mol. The molecule has 98 valence electrons. The molecule has 3 rings (SSSR count). The fourth-order valence-corrected chi connectivity index (χ4v) is 2.75. The van der Waals surface area contributed by atoms with Crippen LogP contribution < -0.4 is 10.5 Å². The van der Waals surface area contributed by atoms with Gasteiger partial charge < -0.3 is 4.90 Å². The Bertz CT molecular complexity index is 774. The summed E-state index contributed by atoms with van der Waals surface area (Å²) in [6.07, 6.45) is 0. The molecule has 1 aromatic carbocycles. The van der Waals surface area contributed by atoms with Crippen LogP contribution in [0.2, 0.25) is 0 Å². The zero-order valence-electron chi connectivity index (χ0n) is 11.4. The molecule has 0 bridgehead atoms. The molecule has 0 saturated carbocycles. The van der Waals surface area contributed by atoms with Crippen LogP contribution in [0.4, 0.5) is 5.69 Å².